The van der Waals surface area contributed by atoms with E-state index in [-0.39, 0.29) is 36.7 Å². The van der Waals surface area contributed by atoms with Crippen LogP contribution < -0.4 is 4.74 Å². The van der Waals surface area contributed by atoms with Gasteiger partial charge in [-0.1, -0.05) is 6.07 Å². The van der Waals surface area contributed by atoms with Gasteiger partial charge in [-0.25, -0.2) is 0 Å². The fourth-order valence-electron chi connectivity index (χ4n) is 1.96. The third-order valence-corrected chi connectivity index (χ3v) is 2.99. The van der Waals surface area contributed by atoms with Crippen molar-refractivity contribution in [2.45, 2.75) is 25.1 Å². The molecule has 1 aliphatic rings. The normalized spacial score (nSPS) is 23.6. The van der Waals surface area contributed by atoms with Crippen LogP contribution in [0.1, 0.15) is 18.9 Å². The maximum absolute atomic E-state index is 13.0. The van der Waals surface area contributed by atoms with E-state index in [0.717, 1.165) is 0 Å². The highest BCUT2D eigenvalue weighted by Crippen LogP contribution is 2.51. The molecule has 1 aliphatic heterocycles. The molecule has 6 heteroatoms. The molecule has 1 heterocycles. The number of alkyl halides is 3. The zero-order valence-corrected chi connectivity index (χ0v) is 9.75. The van der Waals surface area contributed by atoms with Crippen molar-refractivity contribution in [3.63, 3.8) is 0 Å². The zero-order valence-electron chi connectivity index (χ0n) is 9.75. The molecule has 1 saturated heterocycles. The molecule has 0 bridgehead atoms. The summed E-state index contributed by atoms with van der Waals surface area (Å²) in [6.07, 6.45) is -4.60. The van der Waals surface area contributed by atoms with Crippen molar-refractivity contribution in [3.05, 3.63) is 23.8 Å². The van der Waals surface area contributed by atoms with Crippen LogP contribution in [-0.4, -0.2) is 24.5 Å². The van der Waals surface area contributed by atoms with Crippen LogP contribution in [-0.2, 0) is 10.3 Å². The van der Waals surface area contributed by atoms with Crippen molar-refractivity contribution in [1.29, 1.82) is 0 Å². The predicted molar refractivity (Wildman–Crippen MR) is 57.6 cm³/mol. The highest BCUT2D eigenvalue weighted by molar-refractivity contribution is 5.44. The first-order chi connectivity index (χ1) is 8.40. The second kappa shape index (κ2) is 4.35. The molecular weight excluding hydrogens is 249 g/mol. The molecule has 1 atom stereocenters. The first-order valence-corrected chi connectivity index (χ1v) is 5.57. The number of benzene rings is 1. The summed E-state index contributed by atoms with van der Waals surface area (Å²) in [6, 6.07) is 3.59. The topological polar surface area (TPSA) is 38.7 Å². The summed E-state index contributed by atoms with van der Waals surface area (Å²) in [5.41, 5.74) is -2.30. The van der Waals surface area contributed by atoms with E-state index >= 15 is 0 Å². The molecule has 0 spiro atoms. The molecule has 18 heavy (non-hydrogen) atoms. The molecule has 0 aromatic heterocycles. The van der Waals surface area contributed by atoms with Gasteiger partial charge in [0.05, 0.1) is 13.2 Å². The van der Waals surface area contributed by atoms with Crippen LogP contribution in [0, 0.1) is 0 Å². The van der Waals surface area contributed by atoms with Crippen LogP contribution in [0.5, 0.6) is 11.5 Å². The van der Waals surface area contributed by atoms with Crippen molar-refractivity contribution < 1.29 is 27.8 Å². The molecule has 1 aromatic carbocycles. The lowest BCUT2D eigenvalue weighted by Gasteiger charge is -2.43. The third kappa shape index (κ3) is 1.90. The number of hydrogen-bond donors (Lipinski definition) is 1. The Morgan fingerprint density at radius 1 is 1.44 bits per heavy atom. The Labute approximate surface area is 102 Å². The van der Waals surface area contributed by atoms with E-state index in [1.54, 1.807) is 6.92 Å². The SMILES string of the molecule is CCOc1cc(C2(C(F)(F)F)CCO2)ccc1O. The smallest absolute Gasteiger partial charge is 0.421 e. The summed E-state index contributed by atoms with van der Waals surface area (Å²) < 4.78 is 49.0. The van der Waals surface area contributed by atoms with Crippen LogP contribution in [0.4, 0.5) is 13.2 Å². The van der Waals surface area contributed by atoms with Crippen LogP contribution in [0.15, 0.2) is 18.2 Å². The third-order valence-electron chi connectivity index (χ3n) is 2.99. The average Bonchev–Trinajstić information content (AvgIpc) is 2.19. The average molecular weight is 262 g/mol. The Kier molecular flexibility index (Phi) is 3.14. The van der Waals surface area contributed by atoms with Crippen molar-refractivity contribution in [1.82, 2.24) is 0 Å². The van der Waals surface area contributed by atoms with E-state index in [2.05, 4.69) is 0 Å². The maximum Gasteiger partial charge on any atom is 0.421 e. The molecule has 0 amide bonds. The quantitative estimate of drug-likeness (QED) is 0.910. The summed E-state index contributed by atoms with van der Waals surface area (Å²) in [6.45, 7) is 2.02. The molecule has 1 N–H and O–H groups in total. The lowest BCUT2D eigenvalue weighted by molar-refractivity contribution is -0.333. The minimum atomic E-state index is -4.48. The fraction of sp³-hybridized carbons (Fsp3) is 0.500. The lowest BCUT2D eigenvalue weighted by Crippen LogP contribution is -2.52. The summed E-state index contributed by atoms with van der Waals surface area (Å²) in [5.74, 6) is -0.147. The standard InChI is InChI=1S/C12H13F3O3/c1-2-17-10-7-8(3-4-9(10)16)11(5-6-18-11)12(13,14)15/h3-4,7,16H,2,5-6H2,1H3. The van der Waals surface area contributed by atoms with E-state index in [1.807, 2.05) is 0 Å². The molecule has 0 saturated carbocycles. The Hall–Kier alpha value is -1.43. The van der Waals surface area contributed by atoms with Gasteiger partial charge in [-0.05, 0) is 24.6 Å². The second-order valence-corrected chi connectivity index (χ2v) is 4.04. The Balaban J connectivity index is 2.41. The summed E-state index contributed by atoms with van der Waals surface area (Å²) >= 11 is 0. The van der Waals surface area contributed by atoms with Crippen molar-refractivity contribution in [2.24, 2.45) is 0 Å². The predicted octanol–water partition coefficient (Wildman–Crippen LogP) is 2.97. The first kappa shape index (κ1) is 13.0. The zero-order chi connectivity index (χ0) is 13.4. The van der Waals surface area contributed by atoms with E-state index in [1.165, 1.54) is 18.2 Å². The van der Waals surface area contributed by atoms with Crippen molar-refractivity contribution >= 4 is 0 Å². The minimum Gasteiger partial charge on any atom is -0.504 e. The van der Waals surface area contributed by atoms with Gasteiger partial charge in [-0.15, -0.1) is 0 Å². The summed E-state index contributed by atoms with van der Waals surface area (Å²) in [7, 11) is 0. The molecule has 1 fully saturated rings. The van der Waals surface area contributed by atoms with Gasteiger partial charge in [0.15, 0.2) is 17.1 Å². The highest BCUT2D eigenvalue weighted by Gasteiger charge is 2.61. The minimum absolute atomic E-state index is 0.0362. The number of phenols is 1. The van der Waals surface area contributed by atoms with Crippen molar-refractivity contribution in [2.75, 3.05) is 13.2 Å². The summed E-state index contributed by atoms with van der Waals surface area (Å²) in [5, 5.41) is 9.48. The Morgan fingerprint density at radius 2 is 2.11 bits per heavy atom. The largest absolute Gasteiger partial charge is 0.504 e. The Morgan fingerprint density at radius 3 is 2.56 bits per heavy atom. The van der Waals surface area contributed by atoms with Gasteiger partial charge in [-0.2, -0.15) is 13.2 Å². The number of hydrogen-bond acceptors (Lipinski definition) is 3. The number of ether oxygens (including phenoxy) is 2. The molecule has 1 unspecified atom stereocenters. The molecule has 0 radical (unpaired) electrons. The van der Waals surface area contributed by atoms with Gasteiger partial charge >= 0.3 is 6.18 Å². The van der Waals surface area contributed by atoms with E-state index in [4.69, 9.17) is 9.47 Å². The molecule has 2 rings (SSSR count). The van der Waals surface area contributed by atoms with E-state index in [0.29, 0.717) is 0 Å². The van der Waals surface area contributed by atoms with Crippen molar-refractivity contribution in [3.8, 4) is 11.5 Å². The van der Waals surface area contributed by atoms with Gasteiger partial charge in [0, 0.05) is 6.42 Å². The lowest BCUT2D eigenvalue weighted by atomic mass is 9.85. The van der Waals surface area contributed by atoms with Gasteiger partial charge < -0.3 is 14.6 Å². The highest BCUT2D eigenvalue weighted by atomic mass is 19.4. The van der Waals surface area contributed by atoms with Crippen LogP contribution in [0.2, 0.25) is 0 Å². The molecule has 1 aromatic rings. The first-order valence-electron chi connectivity index (χ1n) is 5.57. The number of rotatable bonds is 3. The van der Waals surface area contributed by atoms with Gasteiger partial charge in [0.2, 0.25) is 0 Å². The Bertz CT molecular complexity index is 439. The monoisotopic (exact) mass is 262 g/mol. The van der Waals surface area contributed by atoms with Gasteiger partial charge in [-0.3, -0.25) is 0 Å². The number of phenolic OH excluding ortho intramolecular Hbond substituents is 1. The van der Waals surface area contributed by atoms with E-state index < -0.39 is 11.8 Å². The molecule has 100 valence electrons. The summed E-state index contributed by atoms with van der Waals surface area (Å²) in [4.78, 5) is 0. The second-order valence-electron chi connectivity index (χ2n) is 4.04. The van der Waals surface area contributed by atoms with Crippen LogP contribution in [0.25, 0.3) is 0 Å². The molecule has 3 nitrogen and oxygen atoms in total. The molecule has 0 aliphatic carbocycles. The number of halogens is 3. The maximum atomic E-state index is 13.0. The fourth-order valence-corrected chi connectivity index (χ4v) is 1.96. The van der Waals surface area contributed by atoms with Crippen LogP contribution in [0.3, 0.4) is 0 Å². The van der Waals surface area contributed by atoms with Gasteiger partial charge in [0.25, 0.3) is 0 Å². The molecular formula is C12H13F3O3. The van der Waals surface area contributed by atoms with E-state index in [9.17, 15) is 18.3 Å². The number of aromatic hydroxyl groups is 1. The van der Waals surface area contributed by atoms with Gasteiger partial charge in [0.1, 0.15) is 0 Å². The van der Waals surface area contributed by atoms with Crippen LogP contribution >= 0.6 is 0 Å².